The Labute approximate surface area is 220 Å². The maximum absolute atomic E-state index is 13.8. The monoisotopic (exact) mass is 521 g/mol. The van der Waals surface area contributed by atoms with E-state index in [2.05, 4.69) is 30.1 Å². The number of rotatable bonds is 5. The average Bonchev–Trinajstić information content (AvgIpc) is 2.85. The molecular formula is C29H51N3O3S. The summed E-state index contributed by atoms with van der Waals surface area (Å²) in [5.74, 6) is 4.47. The third-order valence-corrected chi connectivity index (χ3v) is 13.7. The van der Waals surface area contributed by atoms with E-state index in [4.69, 9.17) is 0 Å². The minimum Gasteiger partial charge on any atom is -0.395 e. The van der Waals surface area contributed by atoms with Gasteiger partial charge in [-0.25, -0.2) is 8.42 Å². The van der Waals surface area contributed by atoms with E-state index in [1.807, 2.05) is 13.0 Å². The fourth-order valence-corrected chi connectivity index (χ4v) is 11.0. The molecule has 0 aromatic rings. The number of piperidine rings is 1. The van der Waals surface area contributed by atoms with Crippen molar-refractivity contribution in [3.63, 3.8) is 0 Å². The maximum Gasteiger partial charge on any atom is 0.218 e. The van der Waals surface area contributed by atoms with Gasteiger partial charge < -0.3 is 10.4 Å². The van der Waals surface area contributed by atoms with Crippen LogP contribution >= 0.6 is 0 Å². The molecule has 2 saturated carbocycles. The van der Waals surface area contributed by atoms with Gasteiger partial charge in [0, 0.05) is 37.8 Å². The van der Waals surface area contributed by atoms with Crippen LogP contribution in [0.15, 0.2) is 12.2 Å². The molecule has 2 aliphatic carbocycles. The predicted molar refractivity (Wildman–Crippen MR) is 146 cm³/mol. The quantitative estimate of drug-likeness (QED) is 0.538. The molecule has 0 bridgehead atoms. The van der Waals surface area contributed by atoms with Gasteiger partial charge in [0.05, 0.1) is 11.9 Å². The number of hydrogen-bond donors (Lipinski definition) is 2. The summed E-state index contributed by atoms with van der Waals surface area (Å²) in [6.07, 6.45) is 15.2. The number of sulfonamides is 1. The maximum atomic E-state index is 13.8. The van der Waals surface area contributed by atoms with Crippen molar-refractivity contribution < 1.29 is 13.5 Å². The molecule has 3 aliphatic heterocycles. The fraction of sp³-hybridized carbons (Fsp3) is 0.931. The van der Waals surface area contributed by atoms with Crippen LogP contribution in [0.2, 0.25) is 0 Å². The second-order valence-corrected chi connectivity index (χ2v) is 15.1. The van der Waals surface area contributed by atoms with Gasteiger partial charge in [-0.1, -0.05) is 38.8 Å². The second-order valence-electron chi connectivity index (χ2n) is 13.0. The van der Waals surface area contributed by atoms with Crippen LogP contribution in [0, 0.1) is 35.5 Å². The second kappa shape index (κ2) is 11.3. The van der Waals surface area contributed by atoms with Gasteiger partial charge in [-0.2, -0.15) is 4.31 Å². The fourth-order valence-electron chi connectivity index (χ4n) is 8.93. The zero-order valence-corrected chi connectivity index (χ0v) is 23.7. The Morgan fingerprint density at radius 3 is 2.36 bits per heavy atom. The molecule has 0 aromatic heterocycles. The highest BCUT2D eigenvalue weighted by atomic mass is 32.2. The molecule has 36 heavy (non-hydrogen) atoms. The molecule has 8 atom stereocenters. The first-order valence-electron chi connectivity index (χ1n) is 15.1. The minimum atomic E-state index is -3.38. The van der Waals surface area contributed by atoms with E-state index in [1.54, 1.807) is 4.31 Å². The van der Waals surface area contributed by atoms with Gasteiger partial charge in [-0.3, -0.25) is 4.90 Å². The van der Waals surface area contributed by atoms with Crippen LogP contribution in [0.4, 0.5) is 0 Å². The molecule has 7 heteroatoms. The van der Waals surface area contributed by atoms with E-state index in [1.165, 1.54) is 44.9 Å². The zero-order chi connectivity index (χ0) is 25.4. The van der Waals surface area contributed by atoms with Crippen LogP contribution in [-0.2, 0) is 10.0 Å². The zero-order valence-electron chi connectivity index (χ0n) is 22.9. The van der Waals surface area contributed by atoms with E-state index in [-0.39, 0.29) is 30.0 Å². The van der Waals surface area contributed by atoms with Crippen LogP contribution in [-0.4, -0.2) is 78.9 Å². The first-order chi connectivity index (χ1) is 17.3. The summed E-state index contributed by atoms with van der Waals surface area (Å²) in [6, 6.07) is 0.397. The van der Waals surface area contributed by atoms with Crippen LogP contribution < -0.4 is 5.32 Å². The molecule has 0 radical (unpaired) electrons. The summed E-state index contributed by atoms with van der Waals surface area (Å²) in [5.41, 5.74) is 0. The number of nitrogens with one attached hydrogen (secondary N) is 1. The molecular weight excluding hydrogens is 470 g/mol. The van der Waals surface area contributed by atoms with Gasteiger partial charge in [-0.15, -0.1) is 0 Å². The van der Waals surface area contributed by atoms with Gasteiger partial charge in [0.2, 0.25) is 10.0 Å². The Kier molecular flexibility index (Phi) is 8.53. The summed E-state index contributed by atoms with van der Waals surface area (Å²) in [6.45, 7) is 9.94. The number of hydrogen-bond acceptors (Lipinski definition) is 5. The lowest BCUT2D eigenvalue weighted by Gasteiger charge is -2.59. The Hall–Kier alpha value is -0.470. The van der Waals surface area contributed by atoms with Crippen molar-refractivity contribution in [3.05, 3.63) is 12.2 Å². The lowest BCUT2D eigenvalue weighted by Crippen LogP contribution is -2.71. The summed E-state index contributed by atoms with van der Waals surface area (Å²) in [7, 11) is -3.38. The van der Waals surface area contributed by atoms with Crippen molar-refractivity contribution in [2.75, 3.05) is 32.8 Å². The molecule has 2 N–H and O–H groups in total. The first-order valence-corrected chi connectivity index (χ1v) is 16.6. The third kappa shape index (κ3) is 5.09. The molecule has 3 heterocycles. The van der Waals surface area contributed by atoms with Crippen LogP contribution in [0.5, 0.6) is 0 Å². The van der Waals surface area contributed by atoms with Crippen molar-refractivity contribution in [3.8, 4) is 0 Å². The summed E-state index contributed by atoms with van der Waals surface area (Å²) < 4.78 is 29.4. The standard InChI is InChI=1S/C29H51N3O3S/c1-20-8-6-9-25(21(20)2)23-11-13-24(14-12-23)29-26-18-31(16-4-5-17-32(26)27(29)19-33)36(34,35)28-10-7-15-30-22(28)3/h4-5,20-30,33H,6-19H2,1-3H3/b5-4-/t20?,21?,22?,23?,24?,25?,26?,27-,28?,29+/m1/s1. The number of aliphatic hydroxyl groups is 1. The number of fused-ring (bicyclic) bond motifs is 1. The van der Waals surface area contributed by atoms with Gasteiger partial charge >= 0.3 is 0 Å². The van der Waals surface area contributed by atoms with Gasteiger partial charge in [0.15, 0.2) is 0 Å². The van der Waals surface area contributed by atoms with Crippen molar-refractivity contribution in [1.29, 1.82) is 0 Å². The number of aliphatic hydroxyl groups excluding tert-OH is 1. The lowest BCUT2D eigenvalue weighted by molar-refractivity contribution is -0.114. The highest BCUT2D eigenvalue weighted by Crippen LogP contribution is 2.49. The van der Waals surface area contributed by atoms with Gasteiger partial charge in [-0.05, 0) is 93.9 Å². The Bertz CT molecular complexity index is 871. The predicted octanol–water partition coefficient (Wildman–Crippen LogP) is 3.87. The molecule has 5 rings (SSSR count). The van der Waals surface area contributed by atoms with Gasteiger partial charge in [0.1, 0.15) is 0 Å². The van der Waals surface area contributed by atoms with Crippen LogP contribution in [0.1, 0.15) is 78.6 Å². The normalized spacial score (nSPS) is 46.2. The molecule has 6 nitrogen and oxygen atoms in total. The van der Waals surface area contributed by atoms with Gasteiger partial charge in [0.25, 0.3) is 0 Å². The van der Waals surface area contributed by atoms with Crippen molar-refractivity contribution in [2.45, 2.75) is 102 Å². The summed E-state index contributed by atoms with van der Waals surface area (Å²) in [4.78, 5) is 2.39. The Balaban J connectivity index is 1.28. The van der Waals surface area contributed by atoms with Crippen LogP contribution in [0.25, 0.3) is 0 Å². The van der Waals surface area contributed by atoms with E-state index >= 15 is 0 Å². The minimum absolute atomic E-state index is 0.00294. The van der Waals surface area contributed by atoms with Crippen molar-refractivity contribution in [2.24, 2.45) is 35.5 Å². The Morgan fingerprint density at radius 1 is 0.917 bits per heavy atom. The Morgan fingerprint density at radius 2 is 1.64 bits per heavy atom. The van der Waals surface area contributed by atoms with E-state index in [0.29, 0.717) is 24.9 Å². The SMILES string of the molecule is CC1CCCC(C2CCC([C@H]3C4CN(S(=O)(=O)C5CCCNC5C)C/C=C\CN4[C@@H]3CO)CC2)C1C. The molecule has 4 fully saturated rings. The molecule has 0 aromatic carbocycles. The molecule has 0 amide bonds. The van der Waals surface area contributed by atoms with E-state index in [9.17, 15) is 13.5 Å². The molecule has 5 aliphatic rings. The summed E-state index contributed by atoms with van der Waals surface area (Å²) in [5, 5.41) is 13.4. The smallest absolute Gasteiger partial charge is 0.218 e. The van der Waals surface area contributed by atoms with E-state index in [0.717, 1.165) is 49.6 Å². The topological polar surface area (TPSA) is 72.9 Å². The molecule has 206 valence electrons. The van der Waals surface area contributed by atoms with Crippen LogP contribution in [0.3, 0.4) is 0 Å². The largest absolute Gasteiger partial charge is 0.395 e. The number of nitrogens with zero attached hydrogens (tertiary/aromatic N) is 2. The molecule has 6 unspecified atom stereocenters. The third-order valence-electron chi connectivity index (χ3n) is 11.3. The summed E-state index contributed by atoms with van der Waals surface area (Å²) >= 11 is 0. The van der Waals surface area contributed by atoms with Crippen molar-refractivity contribution in [1.82, 2.24) is 14.5 Å². The highest BCUT2D eigenvalue weighted by molar-refractivity contribution is 7.89. The lowest BCUT2D eigenvalue weighted by atomic mass is 9.60. The highest BCUT2D eigenvalue weighted by Gasteiger charge is 2.53. The molecule has 2 saturated heterocycles. The average molecular weight is 522 g/mol. The van der Waals surface area contributed by atoms with E-state index < -0.39 is 10.0 Å². The first kappa shape index (κ1) is 27.1. The van der Waals surface area contributed by atoms with Crippen molar-refractivity contribution >= 4 is 10.0 Å². The molecule has 0 spiro atoms.